The lowest BCUT2D eigenvalue weighted by atomic mass is 9.97. The summed E-state index contributed by atoms with van der Waals surface area (Å²) in [5.74, 6) is -0.325. The second-order valence-corrected chi connectivity index (χ2v) is 4.88. The first-order chi connectivity index (χ1) is 8.85. The summed E-state index contributed by atoms with van der Waals surface area (Å²) in [6.45, 7) is 6.64. The van der Waals surface area contributed by atoms with Gasteiger partial charge >= 0.3 is 5.97 Å². The van der Waals surface area contributed by atoms with Crippen LogP contribution in [-0.4, -0.2) is 56.1 Å². The van der Waals surface area contributed by atoms with E-state index in [1.54, 1.807) is 20.9 Å². The van der Waals surface area contributed by atoms with Crippen LogP contribution in [0.5, 0.6) is 0 Å². The minimum atomic E-state index is -2.36. The molecule has 1 N–H and O–H groups in total. The highest BCUT2D eigenvalue weighted by molar-refractivity contribution is 5.80. The zero-order valence-corrected chi connectivity index (χ0v) is 12.3. The molecule has 0 aromatic rings. The highest BCUT2D eigenvalue weighted by atomic mass is 19.3. The van der Waals surface area contributed by atoms with Crippen LogP contribution in [0.4, 0.5) is 8.78 Å². The Balaban J connectivity index is 4.45. The number of halogens is 2. The fourth-order valence-electron chi connectivity index (χ4n) is 1.70. The van der Waals surface area contributed by atoms with E-state index in [1.807, 2.05) is 6.92 Å². The Morgan fingerprint density at radius 2 is 2.05 bits per heavy atom. The van der Waals surface area contributed by atoms with Crippen molar-refractivity contribution in [3.63, 3.8) is 0 Å². The Morgan fingerprint density at radius 3 is 2.53 bits per heavy atom. The Kier molecular flexibility index (Phi) is 8.84. The topological polar surface area (TPSA) is 41.6 Å². The maximum Gasteiger partial charge on any atom is 0.326 e. The normalized spacial score (nSPS) is 14.7. The van der Waals surface area contributed by atoms with Gasteiger partial charge in [0.05, 0.1) is 13.2 Å². The lowest BCUT2D eigenvalue weighted by molar-refractivity contribution is -0.151. The Bertz CT molecular complexity index is 265. The Morgan fingerprint density at radius 1 is 1.42 bits per heavy atom. The number of carbonyl (C=O) groups excluding carboxylic acids is 1. The standard InChI is InChI=1S/C13H26F2N2O2/c1-5-8-16-13(3,12(18)19-6-2)7-9-17(4)10-11(14)15/h11,16H,5-10H2,1-4H3. The summed E-state index contributed by atoms with van der Waals surface area (Å²) in [6.07, 6.45) is -1.03. The van der Waals surface area contributed by atoms with Crippen LogP contribution in [0.2, 0.25) is 0 Å². The number of rotatable bonds is 10. The molecule has 0 radical (unpaired) electrons. The first-order valence-electron chi connectivity index (χ1n) is 6.74. The molecule has 0 aliphatic heterocycles. The third-order valence-corrected chi connectivity index (χ3v) is 2.93. The number of hydrogen-bond acceptors (Lipinski definition) is 4. The fraction of sp³-hybridized carbons (Fsp3) is 0.923. The second-order valence-electron chi connectivity index (χ2n) is 4.88. The highest BCUT2D eigenvalue weighted by Crippen LogP contribution is 2.13. The van der Waals surface area contributed by atoms with Crippen molar-refractivity contribution in [2.45, 2.75) is 45.6 Å². The minimum Gasteiger partial charge on any atom is -0.465 e. The summed E-state index contributed by atoms with van der Waals surface area (Å²) >= 11 is 0. The molecule has 0 aliphatic carbocycles. The van der Waals surface area contributed by atoms with Crippen molar-refractivity contribution in [1.29, 1.82) is 0 Å². The molecule has 0 saturated heterocycles. The van der Waals surface area contributed by atoms with Gasteiger partial charge in [-0.05, 0) is 40.3 Å². The van der Waals surface area contributed by atoms with E-state index in [2.05, 4.69) is 5.32 Å². The van der Waals surface area contributed by atoms with Crippen molar-refractivity contribution >= 4 is 5.97 Å². The van der Waals surface area contributed by atoms with Crippen LogP contribution < -0.4 is 5.32 Å². The molecule has 0 aromatic carbocycles. The van der Waals surface area contributed by atoms with Crippen molar-refractivity contribution in [3.05, 3.63) is 0 Å². The van der Waals surface area contributed by atoms with Crippen LogP contribution in [0.1, 0.15) is 33.6 Å². The van der Waals surface area contributed by atoms with Gasteiger partial charge in [-0.15, -0.1) is 0 Å². The molecule has 4 nitrogen and oxygen atoms in total. The van der Waals surface area contributed by atoms with Gasteiger partial charge in [0.25, 0.3) is 6.43 Å². The van der Waals surface area contributed by atoms with E-state index in [4.69, 9.17) is 4.74 Å². The van der Waals surface area contributed by atoms with E-state index in [1.165, 1.54) is 4.90 Å². The van der Waals surface area contributed by atoms with Crippen molar-refractivity contribution in [3.8, 4) is 0 Å². The molecule has 0 rings (SSSR count). The SMILES string of the molecule is CCCNC(C)(CCN(C)CC(F)F)C(=O)OCC. The number of ether oxygens (including phenoxy) is 1. The molecule has 0 aliphatic rings. The molecule has 0 saturated carbocycles. The second kappa shape index (κ2) is 9.20. The van der Waals surface area contributed by atoms with Gasteiger partial charge in [-0.2, -0.15) is 0 Å². The van der Waals surface area contributed by atoms with E-state index >= 15 is 0 Å². The predicted octanol–water partition coefficient (Wildman–Crippen LogP) is 1.89. The van der Waals surface area contributed by atoms with E-state index in [0.717, 1.165) is 6.42 Å². The summed E-state index contributed by atoms with van der Waals surface area (Å²) in [5.41, 5.74) is -0.817. The van der Waals surface area contributed by atoms with Gasteiger partial charge in [-0.25, -0.2) is 8.78 Å². The van der Waals surface area contributed by atoms with Gasteiger partial charge in [0.15, 0.2) is 0 Å². The Hall–Kier alpha value is -0.750. The molecule has 19 heavy (non-hydrogen) atoms. The molecule has 0 fully saturated rings. The maximum absolute atomic E-state index is 12.2. The molecule has 1 atom stereocenters. The van der Waals surface area contributed by atoms with Gasteiger partial charge in [0.2, 0.25) is 0 Å². The van der Waals surface area contributed by atoms with Crippen LogP contribution in [-0.2, 0) is 9.53 Å². The first kappa shape index (κ1) is 18.2. The Labute approximate surface area is 114 Å². The molecule has 0 amide bonds. The lowest BCUT2D eigenvalue weighted by Crippen LogP contribution is -2.52. The summed E-state index contributed by atoms with van der Waals surface area (Å²) in [7, 11) is 1.62. The lowest BCUT2D eigenvalue weighted by Gasteiger charge is -2.30. The molecule has 114 valence electrons. The molecule has 0 heterocycles. The maximum atomic E-state index is 12.2. The van der Waals surface area contributed by atoms with Crippen molar-refractivity contribution in [1.82, 2.24) is 10.2 Å². The number of nitrogens with zero attached hydrogens (tertiary/aromatic N) is 1. The zero-order valence-electron chi connectivity index (χ0n) is 12.3. The number of hydrogen-bond donors (Lipinski definition) is 1. The van der Waals surface area contributed by atoms with Crippen molar-refractivity contribution in [2.75, 3.05) is 33.3 Å². The molecule has 0 aromatic heterocycles. The molecular weight excluding hydrogens is 254 g/mol. The van der Waals surface area contributed by atoms with E-state index in [0.29, 0.717) is 26.1 Å². The average Bonchev–Trinajstić information content (AvgIpc) is 2.33. The fourth-order valence-corrected chi connectivity index (χ4v) is 1.70. The summed E-state index contributed by atoms with van der Waals surface area (Å²) in [5, 5.41) is 3.15. The third kappa shape index (κ3) is 7.42. The number of esters is 1. The average molecular weight is 280 g/mol. The van der Waals surface area contributed by atoms with Gasteiger partial charge in [-0.3, -0.25) is 4.79 Å². The van der Waals surface area contributed by atoms with E-state index in [9.17, 15) is 13.6 Å². The van der Waals surface area contributed by atoms with Gasteiger partial charge in [0.1, 0.15) is 5.54 Å². The van der Waals surface area contributed by atoms with E-state index < -0.39 is 12.0 Å². The highest BCUT2D eigenvalue weighted by Gasteiger charge is 2.34. The number of alkyl halides is 2. The quantitative estimate of drug-likeness (QED) is 0.621. The molecule has 0 bridgehead atoms. The first-order valence-corrected chi connectivity index (χ1v) is 6.74. The van der Waals surface area contributed by atoms with E-state index in [-0.39, 0.29) is 12.5 Å². The summed E-state index contributed by atoms with van der Waals surface area (Å²) in [4.78, 5) is 13.5. The molecule has 0 spiro atoms. The smallest absolute Gasteiger partial charge is 0.326 e. The zero-order chi connectivity index (χ0) is 14.9. The minimum absolute atomic E-state index is 0.285. The predicted molar refractivity (Wildman–Crippen MR) is 71.4 cm³/mol. The number of nitrogens with one attached hydrogen (secondary N) is 1. The van der Waals surface area contributed by atoms with Crippen LogP contribution in [0.25, 0.3) is 0 Å². The summed E-state index contributed by atoms with van der Waals surface area (Å²) in [6, 6.07) is 0. The number of carbonyl (C=O) groups is 1. The summed E-state index contributed by atoms with van der Waals surface area (Å²) < 4.78 is 29.5. The van der Waals surface area contributed by atoms with Crippen LogP contribution in [0.15, 0.2) is 0 Å². The van der Waals surface area contributed by atoms with Gasteiger partial charge < -0.3 is 15.0 Å². The van der Waals surface area contributed by atoms with Gasteiger partial charge in [0, 0.05) is 6.54 Å². The van der Waals surface area contributed by atoms with Crippen molar-refractivity contribution < 1.29 is 18.3 Å². The van der Waals surface area contributed by atoms with Crippen LogP contribution >= 0.6 is 0 Å². The van der Waals surface area contributed by atoms with Gasteiger partial charge in [-0.1, -0.05) is 6.92 Å². The molecular formula is C13H26F2N2O2. The third-order valence-electron chi connectivity index (χ3n) is 2.93. The van der Waals surface area contributed by atoms with Crippen molar-refractivity contribution in [2.24, 2.45) is 0 Å². The largest absolute Gasteiger partial charge is 0.465 e. The monoisotopic (exact) mass is 280 g/mol. The molecule has 1 unspecified atom stereocenters. The van der Waals surface area contributed by atoms with Crippen LogP contribution in [0, 0.1) is 0 Å². The molecule has 6 heteroatoms. The van der Waals surface area contributed by atoms with Crippen LogP contribution in [0.3, 0.4) is 0 Å².